The van der Waals surface area contributed by atoms with Crippen LogP contribution in [0.4, 0.5) is 13.2 Å². The van der Waals surface area contributed by atoms with Gasteiger partial charge in [0.25, 0.3) is 5.76 Å². The first-order valence-corrected chi connectivity index (χ1v) is 11.5. The molecule has 10 heteroatoms. The molecule has 3 aromatic carbocycles. The average molecular weight is 563 g/mol. The Morgan fingerprint density at radius 1 is 0.972 bits per heavy atom. The van der Waals surface area contributed by atoms with Crippen molar-refractivity contribution in [2.45, 2.75) is 19.7 Å². The predicted octanol–water partition coefficient (Wildman–Crippen LogP) is 7.12. The molecular weight excluding hydrogens is 545 g/mol. The molecule has 0 fully saturated rings. The number of hydrogen-bond acceptors (Lipinski definition) is 6. The number of halogens is 4. The molecule has 0 unspecified atom stereocenters. The fraction of sp³-hybridized carbons (Fsp3) is 0.154. The van der Waals surface area contributed by atoms with E-state index in [2.05, 4.69) is 15.9 Å². The molecule has 0 saturated carbocycles. The van der Waals surface area contributed by atoms with Crippen LogP contribution in [-0.2, 0) is 17.5 Å². The van der Waals surface area contributed by atoms with E-state index >= 15 is 0 Å². The molecule has 0 atom stereocenters. The van der Waals surface area contributed by atoms with E-state index in [1.54, 1.807) is 6.92 Å². The number of fused-ring (bicyclic) bond motifs is 1. The molecule has 0 bridgehead atoms. The third-order valence-corrected chi connectivity index (χ3v) is 5.51. The summed E-state index contributed by atoms with van der Waals surface area (Å²) in [6.45, 7) is 1.98. The normalized spacial score (nSPS) is 11.4. The lowest BCUT2D eigenvalue weighted by atomic mass is 10.2. The second-order valence-electron chi connectivity index (χ2n) is 7.51. The zero-order valence-electron chi connectivity index (χ0n) is 18.7. The van der Waals surface area contributed by atoms with Gasteiger partial charge < -0.3 is 18.6 Å². The SMILES string of the molecule is CCOC(=O)c1ccc(Oc2c(C(F)(F)F)oc3cc(OCc4ccc(Br)cc4)ccc3c2=O)cc1. The van der Waals surface area contributed by atoms with E-state index in [1.165, 1.54) is 42.5 Å². The van der Waals surface area contributed by atoms with Gasteiger partial charge in [-0.3, -0.25) is 4.79 Å². The highest BCUT2D eigenvalue weighted by Crippen LogP contribution is 2.38. The van der Waals surface area contributed by atoms with Crippen LogP contribution in [-0.4, -0.2) is 12.6 Å². The van der Waals surface area contributed by atoms with Crippen LogP contribution in [0.2, 0.25) is 0 Å². The molecule has 0 spiro atoms. The van der Waals surface area contributed by atoms with Crippen molar-refractivity contribution < 1.29 is 36.6 Å². The molecule has 0 aliphatic heterocycles. The number of benzene rings is 3. The lowest BCUT2D eigenvalue weighted by molar-refractivity contribution is -0.154. The van der Waals surface area contributed by atoms with Crippen molar-refractivity contribution >= 4 is 32.9 Å². The topological polar surface area (TPSA) is 75.0 Å². The molecule has 1 heterocycles. The van der Waals surface area contributed by atoms with Gasteiger partial charge >= 0.3 is 12.1 Å². The van der Waals surface area contributed by atoms with E-state index < -0.39 is 29.1 Å². The maximum Gasteiger partial charge on any atom is 0.453 e. The molecule has 36 heavy (non-hydrogen) atoms. The number of hydrogen-bond donors (Lipinski definition) is 0. The van der Waals surface area contributed by atoms with Crippen LogP contribution in [0, 0.1) is 0 Å². The van der Waals surface area contributed by atoms with Gasteiger partial charge in [0, 0.05) is 10.5 Å². The highest BCUT2D eigenvalue weighted by molar-refractivity contribution is 9.10. The summed E-state index contributed by atoms with van der Waals surface area (Å²) in [5.41, 5.74) is -0.280. The van der Waals surface area contributed by atoms with Crippen molar-refractivity contribution in [1.29, 1.82) is 0 Å². The molecular formula is C26H18BrF3O6. The van der Waals surface area contributed by atoms with Crippen molar-refractivity contribution in [2.75, 3.05) is 6.61 Å². The fourth-order valence-electron chi connectivity index (χ4n) is 3.26. The van der Waals surface area contributed by atoms with Crippen molar-refractivity contribution in [3.05, 3.63) is 98.3 Å². The number of carbonyl (C=O) groups excluding carboxylic acids is 1. The van der Waals surface area contributed by atoms with Crippen molar-refractivity contribution in [1.82, 2.24) is 0 Å². The van der Waals surface area contributed by atoms with Crippen LogP contribution in [0.3, 0.4) is 0 Å². The molecule has 0 aliphatic carbocycles. The van der Waals surface area contributed by atoms with Crippen molar-refractivity contribution in [3.63, 3.8) is 0 Å². The Morgan fingerprint density at radius 3 is 2.28 bits per heavy atom. The van der Waals surface area contributed by atoms with Gasteiger partial charge in [0.15, 0.2) is 0 Å². The monoisotopic (exact) mass is 562 g/mol. The van der Waals surface area contributed by atoms with E-state index in [1.807, 2.05) is 24.3 Å². The van der Waals surface area contributed by atoms with Gasteiger partial charge in [-0.1, -0.05) is 28.1 Å². The van der Waals surface area contributed by atoms with Crippen molar-refractivity contribution in [2.24, 2.45) is 0 Å². The largest absolute Gasteiger partial charge is 0.489 e. The van der Waals surface area contributed by atoms with Gasteiger partial charge in [0.2, 0.25) is 11.2 Å². The van der Waals surface area contributed by atoms with Crippen molar-refractivity contribution in [3.8, 4) is 17.2 Å². The summed E-state index contributed by atoms with van der Waals surface area (Å²) in [5, 5.41) is -0.114. The Bertz CT molecular complexity index is 1440. The Labute approximate surface area is 211 Å². The van der Waals surface area contributed by atoms with Gasteiger partial charge in [-0.25, -0.2) is 4.79 Å². The lowest BCUT2D eigenvalue weighted by Gasteiger charge is -2.14. The van der Waals surface area contributed by atoms with E-state index in [-0.39, 0.29) is 41.2 Å². The highest BCUT2D eigenvalue weighted by Gasteiger charge is 2.40. The third-order valence-electron chi connectivity index (χ3n) is 4.98. The maximum absolute atomic E-state index is 13.8. The Balaban J connectivity index is 1.65. The molecule has 4 aromatic rings. The molecule has 0 N–H and O–H groups in total. The van der Waals surface area contributed by atoms with Crippen LogP contribution in [0.15, 0.2) is 80.4 Å². The Kier molecular flexibility index (Phi) is 7.35. The molecule has 0 radical (unpaired) electrons. The smallest absolute Gasteiger partial charge is 0.453 e. The maximum atomic E-state index is 13.8. The highest BCUT2D eigenvalue weighted by atomic mass is 79.9. The zero-order valence-corrected chi connectivity index (χ0v) is 20.3. The number of ether oxygens (including phenoxy) is 3. The van der Waals surface area contributed by atoms with Crippen LogP contribution in [0.1, 0.15) is 28.6 Å². The molecule has 4 rings (SSSR count). The van der Waals surface area contributed by atoms with E-state index in [0.29, 0.717) is 0 Å². The summed E-state index contributed by atoms with van der Waals surface area (Å²) < 4.78 is 63.2. The van der Waals surface area contributed by atoms with Gasteiger partial charge in [0.05, 0.1) is 17.6 Å². The molecule has 1 aromatic heterocycles. The first kappa shape index (κ1) is 25.3. The third kappa shape index (κ3) is 5.71. The summed E-state index contributed by atoms with van der Waals surface area (Å²) in [5.74, 6) is -3.05. The molecule has 0 amide bonds. The van der Waals surface area contributed by atoms with Gasteiger partial charge in [0.1, 0.15) is 23.7 Å². The molecule has 6 nitrogen and oxygen atoms in total. The second kappa shape index (κ2) is 10.4. The molecule has 0 saturated heterocycles. The first-order chi connectivity index (χ1) is 17.2. The number of carbonyl (C=O) groups is 1. The molecule has 186 valence electrons. The lowest BCUT2D eigenvalue weighted by Crippen LogP contribution is -2.15. The fourth-order valence-corrected chi connectivity index (χ4v) is 3.53. The standard InChI is InChI=1S/C26H18BrF3O6/c1-2-33-25(32)16-5-9-18(10-6-16)35-23-22(31)20-12-11-19(13-21(20)36-24(23)26(28,29)30)34-14-15-3-7-17(27)8-4-15/h3-13H,2,14H2,1H3. The number of rotatable bonds is 7. The van der Waals surface area contributed by atoms with Gasteiger partial charge in [-0.15, -0.1) is 0 Å². The summed E-state index contributed by atoms with van der Waals surface area (Å²) in [6.07, 6.45) is -5.01. The minimum Gasteiger partial charge on any atom is -0.489 e. The van der Waals surface area contributed by atoms with Crippen LogP contribution in [0.25, 0.3) is 11.0 Å². The minimum atomic E-state index is -5.01. The summed E-state index contributed by atoms with van der Waals surface area (Å²) in [4.78, 5) is 24.8. The Morgan fingerprint density at radius 2 is 1.64 bits per heavy atom. The quantitative estimate of drug-likeness (QED) is 0.223. The predicted molar refractivity (Wildman–Crippen MR) is 128 cm³/mol. The van der Waals surface area contributed by atoms with Gasteiger partial charge in [-0.05, 0) is 61.0 Å². The first-order valence-electron chi connectivity index (χ1n) is 10.7. The van der Waals surface area contributed by atoms with Crippen LogP contribution < -0.4 is 14.9 Å². The zero-order chi connectivity index (χ0) is 25.9. The summed E-state index contributed by atoms with van der Waals surface area (Å²) in [7, 11) is 0. The molecule has 0 aliphatic rings. The van der Waals surface area contributed by atoms with E-state index in [0.717, 1.165) is 10.0 Å². The van der Waals surface area contributed by atoms with Gasteiger partial charge in [-0.2, -0.15) is 13.2 Å². The van der Waals surface area contributed by atoms with E-state index in [4.69, 9.17) is 18.6 Å². The minimum absolute atomic E-state index is 0.0883. The van der Waals surface area contributed by atoms with Crippen LogP contribution in [0.5, 0.6) is 17.2 Å². The van der Waals surface area contributed by atoms with E-state index in [9.17, 15) is 22.8 Å². The second-order valence-corrected chi connectivity index (χ2v) is 8.42. The summed E-state index contributed by atoms with van der Waals surface area (Å²) in [6, 6.07) is 16.5. The summed E-state index contributed by atoms with van der Waals surface area (Å²) >= 11 is 3.34. The van der Waals surface area contributed by atoms with Crippen LogP contribution >= 0.6 is 15.9 Å². The number of esters is 1. The number of alkyl halides is 3. The Hall–Kier alpha value is -3.79. The average Bonchev–Trinajstić information content (AvgIpc) is 2.85.